The molecule has 1 aromatic carbocycles. The summed E-state index contributed by atoms with van der Waals surface area (Å²) in [7, 11) is 0. The molecule has 0 aliphatic carbocycles. The van der Waals surface area contributed by atoms with Gasteiger partial charge in [-0.25, -0.2) is 0 Å². The van der Waals surface area contributed by atoms with Crippen molar-refractivity contribution >= 4 is 5.69 Å². The zero-order valence-corrected chi connectivity index (χ0v) is 9.28. The van der Waals surface area contributed by atoms with E-state index in [2.05, 4.69) is 5.32 Å². The highest BCUT2D eigenvalue weighted by atomic mass is 16.5. The van der Waals surface area contributed by atoms with E-state index in [1.54, 1.807) is 12.1 Å². The lowest BCUT2D eigenvalue weighted by molar-refractivity contribution is 0.0628. The minimum Gasteiger partial charge on any atom is -0.508 e. The lowest BCUT2D eigenvalue weighted by Gasteiger charge is -2.37. The first kappa shape index (κ1) is 11.2. The summed E-state index contributed by atoms with van der Waals surface area (Å²) in [6.45, 7) is 2.05. The van der Waals surface area contributed by atoms with E-state index in [1.165, 1.54) is 0 Å². The molecule has 0 amide bonds. The van der Waals surface area contributed by atoms with Crippen LogP contribution in [0.25, 0.3) is 0 Å². The lowest BCUT2D eigenvalue weighted by atomic mass is 9.90. The second-order valence-electron chi connectivity index (χ2n) is 4.27. The number of hydrogen-bond donors (Lipinski definition) is 3. The normalized spacial score (nSPS) is 19.3. The number of nitrogens with two attached hydrogens (primary N) is 1. The van der Waals surface area contributed by atoms with Crippen LogP contribution in [-0.4, -0.2) is 30.4 Å². The second-order valence-corrected chi connectivity index (χ2v) is 4.27. The Labute approximate surface area is 95.4 Å². The highest BCUT2D eigenvalue weighted by Crippen LogP contribution is 2.26. The molecule has 4 nitrogen and oxygen atoms in total. The highest BCUT2D eigenvalue weighted by molar-refractivity contribution is 5.49. The van der Waals surface area contributed by atoms with Gasteiger partial charge >= 0.3 is 0 Å². The molecule has 1 aliphatic heterocycles. The first-order valence-electron chi connectivity index (χ1n) is 5.59. The largest absolute Gasteiger partial charge is 0.508 e. The van der Waals surface area contributed by atoms with Crippen LogP contribution >= 0.6 is 0 Å². The van der Waals surface area contributed by atoms with Crippen molar-refractivity contribution < 1.29 is 9.84 Å². The Morgan fingerprint density at radius 3 is 2.75 bits per heavy atom. The summed E-state index contributed by atoms with van der Waals surface area (Å²) in [6, 6.07) is 7.13. The number of phenols is 1. The molecule has 1 aromatic rings. The first-order chi connectivity index (χ1) is 7.74. The van der Waals surface area contributed by atoms with Gasteiger partial charge in [-0.3, -0.25) is 0 Å². The molecule has 0 atom stereocenters. The van der Waals surface area contributed by atoms with E-state index in [0.29, 0.717) is 6.54 Å². The summed E-state index contributed by atoms with van der Waals surface area (Å²) < 4.78 is 5.34. The molecule has 0 spiro atoms. The molecule has 4 N–H and O–H groups in total. The van der Waals surface area contributed by atoms with Gasteiger partial charge in [0.05, 0.1) is 5.54 Å². The zero-order chi connectivity index (χ0) is 11.4. The van der Waals surface area contributed by atoms with E-state index in [4.69, 9.17) is 10.5 Å². The van der Waals surface area contributed by atoms with Crippen molar-refractivity contribution in [1.29, 1.82) is 0 Å². The van der Waals surface area contributed by atoms with Gasteiger partial charge in [-0.15, -0.1) is 0 Å². The van der Waals surface area contributed by atoms with Crippen molar-refractivity contribution in [3.05, 3.63) is 24.3 Å². The smallest absolute Gasteiger partial charge is 0.117 e. The molecule has 0 unspecified atom stereocenters. The number of aromatic hydroxyl groups is 1. The molecule has 0 bridgehead atoms. The topological polar surface area (TPSA) is 67.5 Å². The third-order valence-electron chi connectivity index (χ3n) is 3.10. The number of anilines is 1. The van der Waals surface area contributed by atoms with Gasteiger partial charge in [-0.2, -0.15) is 0 Å². The van der Waals surface area contributed by atoms with Crippen LogP contribution in [-0.2, 0) is 4.74 Å². The van der Waals surface area contributed by atoms with Gasteiger partial charge in [0.2, 0.25) is 0 Å². The maximum atomic E-state index is 9.40. The summed E-state index contributed by atoms with van der Waals surface area (Å²) in [5.74, 6) is 0.268. The highest BCUT2D eigenvalue weighted by Gasteiger charge is 2.30. The molecule has 1 aliphatic rings. The Bertz CT molecular complexity index is 349. The van der Waals surface area contributed by atoms with Crippen molar-refractivity contribution in [3.63, 3.8) is 0 Å². The number of phenolic OH excluding ortho intramolecular Hbond substituents is 1. The molecular formula is C12H18N2O2. The number of ether oxygens (including phenoxy) is 1. The standard InChI is InChI=1S/C12H18N2O2/c13-9-12(4-6-16-7-5-12)14-10-2-1-3-11(15)8-10/h1-3,8,14-15H,4-7,9,13H2. The average molecular weight is 222 g/mol. The molecule has 0 aromatic heterocycles. The van der Waals surface area contributed by atoms with E-state index in [9.17, 15) is 5.11 Å². The maximum absolute atomic E-state index is 9.40. The van der Waals surface area contributed by atoms with Gasteiger partial charge < -0.3 is 20.9 Å². The lowest BCUT2D eigenvalue weighted by Crippen LogP contribution is -2.49. The number of benzene rings is 1. The summed E-state index contributed by atoms with van der Waals surface area (Å²) in [5.41, 5.74) is 6.66. The van der Waals surface area contributed by atoms with Crippen LogP contribution in [0.1, 0.15) is 12.8 Å². The third kappa shape index (κ3) is 2.46. The zero-order valence-electron chi connectivity index (χ0n) is 9.28. The van der Waals surface area contributed by atoms with Crippen molar-refractivity contribution in [3.8, 4) is 5.75 Å². The fraction of sp³-hybridized carbons (Fsp3) is 0.500. The Balaban J connectivity index is 2.11. The fourth-order valence-electron chi connectivity index (χ4n) is 2.03. The Kier molecular flexibility index (Phi) is 3.31. The van der Waals surface area contributed by atoms with Crippen LogP contribution in [0.4, 0.5) is 5.69 Å². The fourth-order valence-corrected chi connectivity index (χ4v) is 2.03. The number of rotatable bonds is 3. The molecule has 2 rings (SSSR count). The van der Waals surface area contributed by atoms with E-state index in [-0.39, 0.29) is 11.3 Å². The van der Waals surface area contributed by atoms with Gasteiger partial charge in [-0.05, 0) is 25.0 Å². The molecule has 1 heterocycles. The van der Waals surface area contributed by atoms with Gasteiger partial charge in [0.25, 0.3) is 0 Å². The second kappa shape index (κ2) is 4.72. The first-order valence-corrected chi connectivity index (χ1v) is 5.59. The van der Waals surface area contributed by atoms with E-state index in [1.807, 2.05) is 12.1 Å². The summed E-state index contributed by atoms with van der Waals surface area (Å²) >= 11 is 0. The van der Waals surface area contributed by atoms with Gasteiger partial charge in [0.15, 0.2) is 0 Å². The predicted octanol–water partition coefficient (Wildman–Crippen LogP) is 1.31. The van der Waals surface area contributed by atoms with E-state index in [0.717, 1.165) is 31.7 Å². The van der Waals surface area contributed by atoms with Crippen molar-refractivity contribution in [2.24, 2.45) is 5.73 Å². The Morgan fingerprint density at radius 2 is 2.12 bits per heavy atom. The molecule has 1 fully saturated rings. The van der Waals surface area contributed by atoms with Crippen LogP contribution in [0.5, 0.6) is 5.75 Å². The van der Waals surface area contributed by atoms with Crippen LogP contribution in [0, 0.1) is 0 Å². The summed E-state index contributed by atoms with van der Waals surface area (Å²) in [5, 5.41) is 12.8. The van der Waals surface area contributed by atoms with Crippen LogP contribution in [0.3, 0.4) is 0 Å². The summed E-state index contributed by atoms with van der Waals surface area (Å²) in [4.78, 5) is 0. The van der Waals surface area contributed by atoms with Gasteiger partial charge in [-0.1, -0.05) is 6.07 Å². The molecule has 4 heteroatoms. The summed E-state index contributed by atoms with van der Waals surface area (Å²) in [6.07, 6.45) is 1.80. The molecule has 0 radical (unpaired) electrons. The number of nitrogens with one attached hydrogen (secondary N) is 1. The molecular weight excluding hydrogens is 204 g/mol. The minimum atomic E-state index is -0.0912. The predicted molar refractivity (Wildman–Crippen MR) is 63.6 cm³/mol. The van der Waals surface area contributed by atoms with Crippen molar-refractivity contribution in [1.82, 2.24) is 0 Å². The number of hydrogen-bond acceptors (Lipinski definition) is 4. The quantitative estimate of drug-likeness (QED) is 0.721. The molecule has 1 saturated heterocycles. The minimum absolute atomic E-state index is 0.0912. The van der Waals surface area contributed by atoms with E-state index >= 15 is 0 Å². The average Bonchev–Trinajstić information content (AvgIpc) is 2.30. The molecule has 0 saturated carbocycles. The Morgan fingerprint density at radius 1 is 1.38 bits per heavy atom. The van der Waals surface area contributed by atoms with Crippen molar-refractivity contribution in [2.75, 3.05) is 25.1 Å². The maximum Gasteiger partial charge on any atom is 0.117 e. The van der Waals surface area contributed by atoms with Crippen LogP contribution in [0.2, 0.25) is 0 Å². The molecule has 16 heavy (non-hydrogen) atoms. The third-order valence-corrected chi connectivity index (χ3v) is 3.10. The van der Waals surface area contributed by atoms with Crippen LogP contribution in [0.15, 0.2) is 24.3 Å². The van der Waals surface area contributed by atoms with Gasteiger partial charge in [0.1, 0.15) is 5.75 Å². The van der Waals surface area contributed by atoms with E-state index < -0.39 is 0 Å². The Hall–Kier alpha value is -1.26. The van der Waals surface area contributed by atoms with Gasteiger partial charge in [0, 0.05) is 31.5 Å². The van der Waals surface area contributed by atoms with Crippen LogP contribution < -0.4 is 11.1 Å². The molecule has 88 valence electrons. The van der Waals surface area contributed by atoms with Crippen molar-refractivity contribution in [2.45, 2.75) is 18.4 Å². The monoisotopic (exact) mass is 222 g/mol. The SMILES string of the molecule is NCC1(Nc2cccc(O)c2)CCOCC1.